The van der Waals surface area contributed by atoms with Gasteiger partial charge in [-0.3, -0.25) is 10.1 Å². The van der Waals surface area contributed by atoms with Crippen LogP contribution in [0.25, 0.3) is 0 Å². The highest BCUT2D eigenvalue weighted by Gasteiger charge is 2.25. The Balaban J connectivity index is 1.57. The Labute approximate surface area is 156 Å². The Hall–Kier alpha value is -2.42. The number of rotatable bonds is 2. The quantitative estimate of drug-likeness (QED) is 0.869. The van der Waals surface area contributed by atoms with Gasteiger partial charge in [-0.2, -0.15) is 0 Å². The molecule has 1 aliphatic heterocycles. The Morgan fingerprint density at radius 1 is 1.15 bits per heavy atom. The van der Waals surface area contributed by atoms with E-state index in [2.05, 4.69) is 36.3 Å². The fraction of sp³-hybridized carbons (Fsp3) is 0.529. The summed E-state index contributed by atoms with van der Waals surface area (Å²) in [6.45, 7) is 8.33. The molecule has 1 saturated heterocycles. The molecule has 1 fully saturated rings. The summed E-state index contributed by atoms with van der Waals surface area (Å²) in [5.41, 5.74) is 0.434. The van der Waals surface area contributed by atoms with Crippen LogP contribution in [0.4, 0.5) is 9.93 Å². The van der Waals surface area contributed by atoms with Crippen LogP contribution in [0.1, 0.15) is 42.6 Å². The first-order chi connectivity index (χ1) is 12.3. The first-order valence-electron chi connectivity index (χ1n) is 8.56. The topological polar surface area (TPSA) is 91.6 Å². The predicted molar refractivity (Wildman–Crippen MR) is 98.4 cm³/mol. The zero-order valence-corrected chi connectivity index (χ0v) is 16.0. The molecule has 0 aliphatic carbocycles. The highest BCUT2D eigenvalue weighted by atomic mass is 32.1. The van der Waals surface area contributed by atoms with E-state index in [0.29, 0.717) is 36.9 Å². The van der Waals surface area contributed by atoms with Crippen LogP contribution in [0.5, 0.6) is 0 Å². The molecule has 140 valence electrons. The average molecular weight is 377 g/mol. The lowest BCUT2D eigenvalue weighted by atomic mass is 9.98. The van der Waals surface area contributed by atoms with E-state index in [0.717, 1.165) is 11.4 Å². The van der Waals surface area contributed by atoms with Crippen LogP contribution in [0.2, 0.25) is 0 Å². The summed E-state index contributed by atoms with van der Waals surface area (Å²) in [5.74, 6) is -0.0695. The lowest BCUT2D eigenvalue weighted by Gasteiger charge is -2.21. The van der Waals surface area contributed by atoms with Crippen LogP contribution in [0, 0.1) is 0 Å². The van der Waals surface area contributed by atoms with Crippen LogP contribution >= 0.6 is 11.3 Å². The minimum atomic E-state index is -0.209. The maximum absolute atomic E-state index is 12.5. The number of carbonyl (C=O) groups excluding carboxylic acids is 2. The number of furan rings is 1. The van der Waals surface area contributed by atoms with Gasteiger partial charge in [0, 0.05) is 31.6 Å². The standard InChI is InChI=1S/C17H23N5O3S/c1-17(2,3)14-19-20-15(26-14)18-16(24)22-7-4-6-21(8-9-22)13(23)12-5-10-25-11-12/h5,10-11H,4,6-9H2,1-3H3,(H,18,20,24). The molecule has 3 amide bonds. The molecule has 1 aliphatic rings. The van der Waals surface area contributed by atoms with E-state index in [1.807, 2.05) is 0 Å². The minimum Gasteiger partial charge on any atom is -0.472 e. The van der Waals surface area contributed by atoms with Crippen molar-refractivity contribution < 1.29 is 14.0 Å². The monoisotopic (exact) mass is 377 g/mol. The van der Waals surface area contributed by atoms with Crippen LogP contribution < -0.4 is 5.32 Å². The highest BCUT2D eigenvalue weighted by molar-refractivity contribution is 7.15. The lowest BCUT2D eigenvalue weighted by Crippen LogP contribution is -2.39. The van der Waals surface area contributed by atoms with Crippen molar-refractivity contribution in [2.75, 3.05) is 31.5 Å². The Kier molecular flexibility index (Phi) is 5.26. The molecule has 2 aromatic rings. The molecule has 0 unspecified atom stereocenters. The van der Waals surface area contributed by atoms with Gasteiger partial charge in [-0.25, -0.2) is 4.79 Å². The van der Waals surface area contributed by atoms with E-state index in [-0.39, 0.29) is 17.4 Å². The van der Waals surface area contributed by atoms with Crippen molar-refractivity contribution in [2.24, 2.45) is 0 Å². The number of amides is 3. The third kappa shape index (κ3) is 4.21. The molecular weight excluding hydrogens is 354 g/mol. The number of hydrogen-bond acceptors (Lipinski definition) is 6. The average Bonchev–Trinajstić information content (AvgIpc) is 3.21. The van der Waals surface area contributed by atoms with E-state index >= 15 is 0 Å². The molecule has 2 aromatic heterocycles. The number of aromatic nitrogens is 2. The van der Waals surface area contributed by atoms with Crippen molar-refractivity contribution in [1.82, 2.24) is 20.0 Å². The van der Waals surface area contributed by atoms with Crippen LogP contribution in [0.3, 0.4) is 0 Å². The van der Waals surface area contributed by atoms with Gasteiger partial charge in [0.1, 0.15) is 11.3 Å². The molecule has 0 radical (unpaired) electrons. The van der Waals surface area contributed by atoms with Crippen LogP contribution in [-0.4, -0.2) is 58.1 Å². The summed E-state index contributed by atoms with van der Waals surface area (Å²) in [5, 5.41) is 12.4. The van der Waals surface area contributed by atoms with Gasteiger partial charge in [-0.1, -0.05) is 32.1 Å². The number of urea groups is 1. The normalized spacial score (nSPS) is 15.7. The number of carbonyl (C=O) groups is 2. The summed E-state index contributed by atoms with van der Waals surface area (Å²) in [6, 6.07) is 1.44. The first kappa shape index (κ1) is 18.4. The van der Waals surface area contributed by atoms with Gasteiger partial charge in [-0.05, 0) is 12.5 Å². The predicted octanol–water partition coefficient (Wildman–Crippen LogP) is 2.81. The van der Waals surface area contributed by atoms with Gasteiger partial charge in [0.25, 0.3) is 5.91 Å². The zero-order valence-electron chi connectivity index (χ0n) is 15.2. The van der Waals surface area contributed by atoms with E-state index in [9.17, 15) is 9.59 Å². The molecule has 1 N–H and O–H groups in total. The van der Waals surface area contributed by atoms with Crippen molar-refractivity contribution in [3.8, 4) is 0 Å². The molecule has 0 saturated carbocycles. The summed E-state index contributed by atoms with van der Waals surface area (Å²) in [7, 11) is 0. The van der Waals surface area contributed by atoms with Gasteiger partial charge in [0.2, 0.25) is 5.13 Å². The van der Waals surface area contributed by atoms with Gasteiger partial charge in [-0.15, -0.1) is 10.2 Å². The minimum absolute atomic E-state index is 0.0695. The molecule has 0 aromatic carbocycles. The van der Waals surface area contributed by atoms with Crippen LogP contribution in [0.15, 0.2) is 23.0 Å². The van der Waals surface area contributed by atoms with Crippen LogP contribution in [-0.2, 0) is 5.41 Å². The zero-order chi connectivity index (χ0) is 18.7. The molecular formula is C17H23N5O3S. The third-order valence-electron chi connectivity index (χ3n) is 4.12. The van der Waals surface area contributed by atoms with Crippen molar-refractivity contribution in [3.63, 3.8) is 0 Å². The maximum Gasteiger partial charge on any atom is 0.323 e. The molecule has 0 bridgehead atoms. The summed E-state index contributed by atoms with van der Waals surface area (Å²) < 4.78 is 4.98. The molecule has 8 nitrogen and oxygen atoms in total. The molecule has 3 rings (SSSR count). The number of nitrogens with one attached hydrogen (secondary N) is 1. The highest BCUT2D eigenvalue weighted by Crippen LogP contribution is 2.27. The fourth-order valence-electron chi connectivity index (χ4n) is 2.64. The third-order valence-corrected chi connectivity index (χ3v) is 5.38. The van der Waals surface area contributed by atoms with E-state index < -0.39 is 0 Å². The Morgan fingerprint density at radius 2 is 1.88 bits per heavy atom. The van der Waals surface area contributed by atoms with E-state index in [1.54, 1.807) is 15.9 Å². The van der Waals surface area contributed by atoms with Gasteiger partial charge in [0.05, 0.1) is 11.8 Å². The lowest BCUT2D eigenvalue weighted by molar-refractivity contribution is 0.0762. The molecule has 3 heterocycles. The number of anilines is 1. The SMILES string of the molecule is CC(C)(C)c1nnc(NC(=O)N2CCCN(C(=O)c3ccoc3)CC2)s1. The van der Waals surface area contributed by atoms with Crippen molar-refractivity contribution in [3.05, 3.63) is 29.2 Å². The van der Waals surface area contributed by atoms with Gasteiger partial charge >= 0.3 is 6.03 Å². The van der Waals surface area contributed by atoms with E-state index in [4.69, 9.17) is 4.42 Å². The molecule has 26 heavy (non-hydrogen) atoms. The fourth-order valence-corrected chi connectivity index (χ4v) is 3.43. The second-order valence-corrected chi connectivity index (χ2v) is 8.21. The Bertz CT molecular complexity index is 766. The van der Waals surface area contributed by atoms with Crippen molar-refractivity contribution >= 4 is 28.4 Å². The summed E-state index contributed by atoms with van der Waals surface area (Å²) in [6.07, 6.45) is 3.65. The maximum atomic E-state index is 12.5. The van der Waals surface area contributed by atoms with Gasteiger partial charge < -0.3 is 14.2 Å². The molecule has 0 atom stereocenters. The molecule has 0 spiro atoms. The second kappa shape index (κ2) is 7.45. The molecule has 9 heteroatoms. The Morgan fingerprint density at radius 3 is 2.54 bits per heavy atom. The number of hydrogen-bond donors (Lipinski definition) is 1. The van der Waals surface area contributed by atoms with Crippen molar-refractivity contribution in [1.29, 1.82) is 0 Å². The smallest absolute Gasteiger partial charge is 0.323 e. The van der Waals surface area contributed by atoms with E-state index in [1.165, 1.54) is 23.9 Å². The largest absolute Gasteiger partial charge is 0.472 e. The number of nitrogens with zero attached hydrogens (tertiary/aromatic N) is 4. The summed E-state index contributed by atoms with van der Waals surface area (Å²) in [4.78, 5) is 28.4. The second-order valence-electron chi connectivity index (χ2n) is 7.24. The van der Waals surface area contributed by atoms with Crippen molar-refractivity contribution in [2.45, 2.75) is 32.6 Å². The van der Waals surface area contributed by atoms with Gasteiger partial charge in [0.15, 0.2) is 0 Å². The first-order valence-corrected chi connectivity index (χ1v) is 9.37. The summed E-state index contributed by atoms with van der Waals surface area (Å²) >= 11 is 1.39.